The van der Waals surface area contributed by atoms with Crippen molar-refractivity contribution in [2.24, 2.45) is 0 Å². The highest BCUT2D eigenvalue weighted by Crippen LogP contribution is 2.17. The molecule has 76 valence electrons. The third kappa shape index (κ3) is 2.07. The van der Waals surface area contributed by atoms with Gasteiger partial charge in [0.2, 0.25) is 0 Å². The summed E-state index contributed by atoms with van der Waals surface area (Å²) in [6.45, 7) is 1.72. The molecule has 1 aromatic carbocycles. The number of aryl methyl sites for hydroxylation is 1. The number of carboxylic acid groups (broad SMARTS) is 1. The van der Waals surface area contributed by atoms with E-state index in [2.05, 4.69) is 0 Å². The molecule has 0 saturated carbocycles. The fourth-order valence-electron chi connectivity index (χ4n) is 1.23. The number of carbonyl (C=O) groups is 1. The van der Waals surface area contributed by atoms with Gasteiger partial charge in [-0.25, -0.2) is 8.78 Å². The Morgan fingerprint density at radius 1 is 1.43 bits per heavy atom. The van der Waals surface area contributed by atoms with Crippen LogP contribution in [0.1, 0.15) is 18.1 Å². The van der Waals surface area contributed by atoms with Gasteiger partial charge < -0.3 is 5.11 Å². The Bertz CT molecular complexity index is 361. The molecule has 4 heteroatoms. The van der Waals surface area contributed by atoms with Crippen LogP contribution in [0.2, 0.25) is 0 Å². The summed E-state index contributed by atoms with van der Waals surface area (Å²) in [5, 5.41) is 8.45. The van der Waals surface area contributed by atoms with Crippen LogP contribution in [0.25, 0.3) is 0 Å². The van der Waals surface area contributed by atoms with Gasteiger partial charge in [0.15, 0.2) is 0 Å². The maximum atomic E-state index is 13.4. The maximum Gasteiger partial charge on any atom is 0.308 e. The molecule has 0 fully saturated rings. The number of benzene rings is 1. The molecule has 0 amide bonds. The average molecular weight is 200 g/mol. The Kier molecular flexibility index (Phi) is 3.17. The van der Waals surface area contributed by atoms with E-state index in [0.29, 0.717) is 12.0 Å². The van der Waals surface area contributed by atoms with Crippen LogP contribution < -0.4 is 0 Å². The van der Waals surface area contributed by atoms with E-state index in [1.54, 1.807) is 6.92 Å². The molecule has 0 aliphatic carbocycles. The van der Waals surface area contributed by atoms with Gasteiger partial charge in [0, 0.05) is 5.56 Å². The molecule has 14 heavy (non-hydrogen) atoms. The zero-order valence-corrected chi connectivity index (χ0v) is 7.68. The normalized spacial score (nSPS) is 10.2. The Hall–Kier alpha value is -1.45. The molecule has 0 atom stereocenters. The predicted molar refractivity (Wildman–Crippen MR) is 47.1 cm³/mol. The molecule has 0 aliphatic rings. The number of hydrogen-bond donors (Lipinski definition) is 1. The minimum absolute atomic E-state index is 0.336. The molecular formula is C10H10F2O2. The van der Waals surface area contributed by atoms with Crippen LogP contribution in [-0.4, -0.2) is 11.1 Å². The second kappa shape index (κ2) is 4.17. The third-order valence-corrected chi connectivity index (χ3v) is 1.97. The molecule has 0 spiro atoms. The monoisotopic (exact) mass is 200 g/mol. The second-order valence-corrected chi connectivity index (χ2v) is 2.92. The first-order valence-corrected chi connectivity index (χ1v) is 4.23. The van der Waals surface area contributed by atoms with Gasteiger partial charge in [0.1, 0.15) is 11.6 Å². The molecule has 0 saturated heterocycles. The van der Waals surface area contributed by atoms with Crippen LogP contribution in [0.3, 0.4) is 0 Å². The highest BCUT2D eigenvalue weighted by Gasteiger charge is 2.15. The van der Waals surface area contributed by atoms with E-state index in [9.17, 15) is 13.6 Å². The highest BCUT2D eigenvalue weighted by atomic mass is 19.1. The minimum Gasteiger partial charge on any atom is -0.481 e. The lowest BCUT2D eigenvalue weighted by molar-refractivity contribution is -0.136. The van der Waals surface area contributed by atoms with Gasteiger partial charge >= 0.3 is 5.97 Å². The largest absolute Gasteiger partial charge is 0.481 e. The molecule has 0 aliphatic heterocycles. The first-order chi connectivity index (χ1) is 6.56. The summed E-state index contributed by atoms with van der Waals surface area (Å²) in [4.78, 5) is 10.3. The topological polar surface area (TPSA) is 37.3 Å². The average Bonchev–Trinajstić information content (AvgIpc) is 2.12. The molecule has 0 heterocycles. The SMILES string of the molecule is CCc1ccc(F)c(CC(=O)O)c1F. The number of rotatable bonds is 3. The fraction of sp³-hybridized carbons (Fsp3) is 0.300. The van der Waals surface area contributed by atoms with Crippen molar-refractivity contribution in [3.05, 3.63) is 34.9 Å². The second-order valence-electron chi connectivity index (χ2n) is 2.92. The summed E-state index contributed by atoms with van der Waals surface area (Å²) >= 11 is 0. The van der Waals surface area contributed by atoms with Gasteiger partial charge in [0.25, 0.3) is 0 Å². The van der Waals surface area contributed by atoms with Crippen LogP contribution >= 0.6 is 0 Å². The molecule has 1 rings (SSSR count). The Labute approximate surface area is 80.2 Å². The van der Waals surface area contributed by atoms with E-state index in [1.165, 1.54) is 6.07 Å². The van der Waals surface area contributed by atoms with Crippen LogP contribution in [0.15, 0.2) is 12.1 Å². The smallest absolute Gasteiger partial charge is 0.308 e. The molecule has 1 aromatic rings. The lowest BCUT2D eigenvalue weighted by Crippen LogP contribution is -2.07. The molecule has 1 N–H and O–H groups in total. The molecule has 0 unspecified atom stereocenters. The lowest BCUT2D eigenvalue weighted by Gasteiger charge is -2.05. The maximum absolute atomic E-state index is 13.4. The van der Waals surface area contributed by atoms with Crippen molar-refractivity contribution in [2.45, 2.75) is 19.8 Å². The summed E-state index contributed by atoms with van der Waals surface area (Å²) in [6.07, 6.45) is -0.204. The first-order valence-electron chi connectivity index (χ1n) is 4.23. The van der Waals surface area contributed by atoms with Crippen LogP contribution in [0, 0.1) is 11.6 Å². The van der Waals surface area contributed by atoms with E-state index in [0.717, 1.165) is 6.07 Å². The van der Waals surface area contributed by atoms with Gasteiger partial charge in [-0.2, -0.15) is 0 Å². The molecule has 2 nitrogen and oxygen atoms in total. The number of aliphatic carboxylic acids is 1. The molecule has 0 radical (unpaired) electrons. The van der Waals surface area contributed by atoms with E-state index in [-0.39, 0.29) is 5.56 Å². The van der Waals surface area contributed by atoms with E-state index >= 15 is 0 Å². The zero-order valence-electron chi connectivity index (χ0n) is 7.68. The molecule has 0 bridgehead atoms. The van der Waals surface area contributed by atoms with E-state index in [4.69, 9.17) is 5.11 Å². The van der Waals surface area contributed by atoms with Gasteiger partial charge in [-0.3, -0.25) is 4.79 Å². The number of halogens is 2. The minimum atomic E-state index is -1.24. The standard InChI is InChI=1S/C10H10F2O2/c1-2-6-3-4-8(11)7(10(6)12)5-9(13)14/h3-4H,2,5H2,1H3,(H,13,14). The quantitative estimate of drug-likeness (QED) is 0.811. The Morgan fingerprint density at radius 2 is 2.07 bits per heavy atom. The summed E-state index contributed by atoms with van der Waals surface area (Å²) in [7, 11) is 0. The molecule has 0 aromatic heterocycles. The van der Waals surface area contributed by atoms with Crippen molar-refractivity contribution in [3.63, 3.8) is 0 Å². The van der Waals surface area contributed by atoms with E-state index in [1.807, 2.05) is 0 Å². The highest BCUT2D eigenvalue weighted by molar-refractivity contribution is 5.70. The van der Waals surface area contributed by atoms with Gasteiger partial charge in [0.05, 0.1) is 6.42 Å². The van der Waals surface area contributed by atoms with Crippen molar-refractivity contribution in [2.75, 3.05) is 0 Å². The van der Waals surface area contributed by atoms with Crippen LogP contribution in [0.4, 0.5) is 8.78 Å². The van der Waals surface area contributed by atoms with E-state index < -0.39 is 24.0 Å². The van der Waals surface area contributed by atoms with Crippen molar-refractivity contribution < 1.29 is 18.7 Å². The first kappa shape index (κ1) is 10.6. The Balaban J connectivity index is 3.18. The van der Waals surface area contributed by atoms with Crippen molar-refractivity contribution in [3.8, 4) is 0 Å². The predicted octanol–water partition coefficient (Wildman–Crippen LogP) is 2.15. The summed E-state index contributed by atoms with van der Waals surface area (Å²) < 4.78 is 26.4. The third-order valence-electron chi connectivity index (χ3n) is 1.97. The van der Waals surface area contributed by atoms with Gasteiger partial charge in [-0.15, -0.1) is 0 Å². The number of hydrogen-bond acceptors (Lipinski definition) is 1. The Morgan fingerprint density at radius 3 is 2.57 bits per heavy atom. The lowest BCUT2D eigenvalue weighted by atomic mass is 10.0. The zero-order chi connectivity index (χ0) is 10.7. The van der Waals surface area contributed by atoms with Crippen molar-refractivity contribution in [1.82, 2.24) is 0 Å². The fourth-order valence-corrected chi connectivity index (χ4v) is 1.23. The van der Waals surface area contributed by atoms with Crippen molar-refractivity contribution >= 4 is 5.97 Å². The van der Waals surface area contributed by atoms with Gasteiger partial charge in [-0.05, 0) is 18.1 Å². The van der Waals surface area contributed by atoms with Gasteiger partial charge in [-0.1, -0.05) is 13.0 Å². The molecular weight excluding hydrogens is 190 g/mol. The summed E-state index contributed by atoms with van der Waals surface area (Å²) in [6, 6.07) is 2.43. The summed E-state index contributed by atoms with van der Waals surface area (Å²) in [5.41, 5.74) is -0.0282. The van der Waals surface area contributed by atoms with Crippen LogP contribution in [0.5, 0.6) is 0 Å². The van der Waals surface area contributed by atoms with Crippen molar-refractivity contribution in [1.29, 1.82) is 0 Å². The van der Waals surface area contributed by atoms with Crippen LogP contribution in [-0.2, 0) is 17.6 Å². The summed E-state index contributed by atoms with van der Waals surface area (Å²) in [5.74, 6) is -2.78. The number of carboxylic acids is 1.